The normalized spacial score (nSPS) is 10.2. The molecule has 0 heterocycles. The molecule has 0 fully saturated rings. The summed E-state index contributed by atoms with van der Waals surface area (Å²) in [5, 5.41) is 16.1. The molecule has 0 spiro atoms. The Kier molecular flexibility index (Phi) is 4.48. The molecule has 110 valence electrons. The molecule has 4 heteroatoms. The van der Waals surface area contributed by atoms with Gasteiger partial charge in [-0.25, -0.2) is 0 Å². The zero-order chi connectivity index (χ0) is 15.4. The van der Waals surface area contributed by atoms with E-state index in [4.69, 9.17) is 0 Å². The standard InChI is InChI=1S/C17H20N2O2/c1-11-8-9-15(12(2)17(11)21)18-10-14-6-4-5-7-16(14)19-13(3)20/h4-9,18,21H,10H2,1-3H3,(H,19,20). The Morgan fingerprint density at radius 2 is 1.81 bits per heavy atom. The summed E-state index contributed by atoms with van der Waals surface area (Å²) in [4.78, 5) is 11.2. The highest BCUT2D eigenvalue weighted by molar-refractivity contribution is 5.89. The fraction of sp³-hybridized carbons (Fsp3) is 0.235. The Bertz CT molecular complexity index is 666. The second kappa shape index (κ2) is 6.31. The monoisotopic (exact) mass is 284 g/mol. The van der Waals surface area contributed by atoms with E-state index in [9.17, 15) is 9.90 Å². The fourth-order valence-corrected chi connectivity index (χ4v) is 2.20. The molecule has 0 aromatic heterocycles. The number of carbonyl (C=O) groups excluding carboxylic acids is 1. The van der Waals surface area contributed by atoms with Crippen molar-refractivity contribution in [3.05, 3.63) is 53.1 Å². The topological polar surface area (TPSA) is 61.4 Å². The number of hydrogen-bond acceptors (Lipinski definition) is 3. The minimum atomic E-state index is -0.0911. The molecule has 0 unspecified atom stereocenters. The molecule has 3 N–H and O–H groups in total. The lowest BCUT2D eigenvalue weighted by molar-refractivity contribution is -0.114. The molecule has 2 rings (SSSR count). The van der Waals surface area contributed by atoms with E-state index in [0.29, 0.717) is 12.3 Å². The van der Waals surface area contributed by atoms with Crippen LogP contribution in [0.1, 0.15) is 23.6 Å². The van der Waals surface area contributed by atoms with E-state index in [2.05, 4.69) is 10.6 Å². The van der Waals surface area contributed by atoms with Gasteiger partial charge in [-0.1, -0.05) is 24.3 Å². The van der Waals surface area contributed by atoms with Crippen LogP contribution in [0.2, 0.25) is 0 Å². The molecule has 0 atom stereocenters. The molecule has 21 heavy (non-hydrogen) atoms. The summed E-state index contributed by atoms with van der Waals surface area (Å²) in [5.41, 5.74) is 4.36. The van der Waals surface area contributed by atoms with Crippen molar-refractivity contribution in [3.63, 3.8) is 0 Å². The van der Waals surface area contributed by atoms with Gasteiger partial charge in [-0.2, -0.15) is 0 Å². The van der Waals surface area contributed by atoms with Gasteiger partial charge in [0.1, 0.15) is 5.75 Å². The number of phenolic OH excluding ortho intramolecular Hbond substituents is 1. The van der Waals surface area contributed by atoms with E-state index in [-0.39, 0.29) is 5.91 Å². The number of nitrogens with one attached hydrogen (secondary N) is 2. The van der Waals surface area contributed by atoms with Crippen molar-refractivity contribution in [2.24, 2.45) is 0 Å². The molecule has 2 aromatic rings. The first-order valence-corrected chi connectivity index (χ1v) is 6.87. The third-order valence-electron chi connectivity index (χ3n) is 3.43. The molecule has 1 amide bonds. The van der Waals surface area contributed by atoms with Gasteiger partial charge in [0.15, 0.2) is 0 Å². The van der Waals surface area contributed by atoms with Gasteiger partial charge >= 0.3 is 0 Å². The van der Waals surface area contributed by atoms with Gasteiger partial charge in [0, 0.05) is 30.4 Å². The molecule has 2 aromatic carbocycles. The maximum Gasteiger partial charge on any atom is 0.221 e. The number of aryl methyl sites for hydroxylation is 1. The first-order chi connectivity index (χ1) is 9.99. The predicted octanol–water partition coefficient (Wildman–Crippen LogP) is 3.58. The lowest BCUT2D eigenvalue weighted by Gasteiger charge is -2.14. The van der Waals surface area contributed by atoms with Crippen LogP contribution in [-0.4, -0.2) is 11.0 Å². The molecule has 0 aliphatic heterocycles. The van der Waals surface area contributed by atoms with Crippen LogP contribution in [0.4, 0.5) is 11.4 Å². The van der Waals surface area contributed by atoms with Crippen LogP contribution >= 0.6 is 0 Å². The Hall–Kier alpha value is -2.49. The zero-order valence-electron chi connectivity index (χ0n) is 12.5. The Balaban J connectivity index is 2.17. The highest BCUT2D eigenvalue weighted by atomic mass is 16.3. The smallest absolute Gasteiger partial charge is 0.221 e. The number of rotatable bonds is 4. The number of amides is 1. The van der Waals surface area contributed by atoms with Crippen LogP contribution in [0.25, 0.3) is 0 Å². The van der Waals surface area contributed by atoms with Crippen LogP contribution in [0, 0.1) is 13.8 Å². The first-order valence-electron chi connectivity index (χ1n) is 6.87. The molecule has 0 aliphatic carbocycles. The van der Waals surface area contributed by atoms with Crippen molar-refractivity contribution in [2.75, 3.05) is 10.6 Å². The molecule has 0 saturated carbocycles. The van der Waals surface area contributed by atoms with Crippen molar-refractivity contribution >= 4 is 17.3 Å². The van der Waals surface area contributed by atoms with Gasteiger partial charge < -0.3 is 15.7 Å². The van der Waals surface area contributed by atoms with E-state index in [1.165, 1.54) is 6.92 Å². The van der Waals surface area contributed by atoms with E-state index < -0.39 is 0 Å². The summed E-state index contributed by atoms with van der Waals surface area (Å²) < 4.78 is 0. The van der Waals surface area contributed by atoms with E-state index in [1.807, 2.05) is 50.2 Å². The van der Waals surface area contributed by atoms with Crippen molar-refractivity contribution in [3.8, 4) is 5.75 Å². The summed E-state index contributed by atoms with van der Waals surface area (Å²) in [6.07, 6.45) is 0. The Morgan fingerprint density at radius 3 is 2.52 bits per heavy atom. The van der Waals surface area contributed by atoms with Crippen molar-refractivity contribution in [2.45, 2.75) is 27.3 Å². The minimum Gasteiger partial charge on any atom is -0.507 e. The number of phenols is 1. The largest absolute Gasteiger partial charge is 0.507 e. The number of benzene rings is 2. The maximum absolute atomic E-state index is 11.2. The molecule has 0 bridgehead atoms. The number of hydrogen-bond donors (Lipinski definition) is 3. The number of aromatic hydroxyl groups is 1. The highest BCUT2D eigenvalue weighted by Gasteiger charge is 2.07. The summed E-state index contributed by atoms with van der Waals surface area (Å²) >= 11 is 0. The average molecular weight is 284 g/mol. The summed E-state index contributed by atoms with van der Waals surface area (Å²) in [6, 6.07) is 11.5. The average Bonchev–Trinajstić information content (AvgIpc) is 2.45. The third-order valence-corrected chi connectivity index (χ3v) is 3.43. The Labute approximate surface area is 124 Å². The Morgan fingerprint density at radius 1 is 1.10 bits per heavy atom. The second-order valence-corrected chi connectivity index (χ2v) is 5.10. The maximum atomic E-state index is 11.2. The lowest BCUT2D eigenvalue weighted by atomic mass is 10.1. The van der Waals surface area contributed by atoms with Gasteiger partial charge in [-0.15, -0.1) is 0 Å². The van der Waals surface area contributed by atoms with Crippen LogP contribution in [0.3, 0.4) is 0 Å². The van der Waals surface area contributed by atoms with Crippen LogP contribution in [-0.2, 0) is 11.3 Å². The van der Waals surface area contributed by atoms with Crippen LogP contribution in [0.15, 0.2) is 36.4 Å². The quantitative estimate of drug-likeness (QED) is 0.804. The van der Waals surface area contributed by atoms with Crippen molar-refractivity contribution in [1.82, 2.24) is 0 Å². The van der Waals surface area contributed by atoms with Gasteiger partial charge in [-0.05, 0) is 37.1 Å². The number of anilines is 2. The molecular formula is C17H20N2O2. The molecule has 4 nitrogen and oxygen atoms in total. The molecule has 0 radical (unpaired) electrons. The lowest BCUT2D eigenvalue weighted by Crippen LogP contribution is -2.10. The van der Waals surface area contributed by atoms with Gasteiger partial charge in [0.2, 0.25) is 5.91 Å². The number of carbonyl (C=O) groups is 1. The van der Waals surface area contributed by atoms with Gasteiger partial charge in [-0.3, -0.25) is 4.79 Å². The second-order valence-electron chi connectivity index (χ2n) is 5.10. The SMILES string of the molecule is CC(=O)Nc1ccccc1CNc1ccc(C)c(O)c1C. The summed E-state index contributed by atoms with van der Waals surface area (Å²) in [7, 11) is 0. The van der Waals surface area contributed by atoms with Gasteiger partial charge in [0.05, 0.1) is 0 Å². The number of para-hydroxylation sites is 1. The molecular weight excluding hydrogens is 264 g/mol. The highest BCUT2D eigenvalue weighted by Crippen LogP contribution is 2.28. The third kappa shape index (κ3) is 3.54. The van der Waals surface area contributed by atoms with Crippen molar-refractivity contribution < 1.29 is 9.90 Å². The van der Waals surface area contributed by atoms with Crippen molar-refractivity contribution in [1.29, 1.82) is 0 Å². The predicted molar refractivity (Wildman–Crippen MR) is 85.7 cm³/mol. The molecule has 0 aliphatic rings. The molecule has 0 saturated heterocycles. The van der Waals surface area contributed by atoms with Crippen LogP contribution < -0.4 is 10.6 Å². The minimum absolute atomic E-state index is 0.0911. The summed E-state index contributed by atoms with van der Waals surface area (Å²) in [5.74, 6) is 0.224. The van der Waals surface area contributed by atoms with Gasteiger partial charge in [0.25, 0.3) is 0 Å². The summed E-state index contributed by atoms with van der Waals surface area (Å²) in [6.45, 7) is 5.81. The first kappa shape index (κ1) is 14.9. The zero-order valence-corrected chi connectivity index (χ0v) is 12.5. The van der Waals surface area contributed by atoms with E-state index >= 15 is 0 Å². The fourth-order valence-electron chi connectivity index (χ4n) is 2.20. The van der Waals surface area contributed by atoms with E-state index in [0.717, 1.165) is 28.1 Å². The van der Waals surface area contributed by atoms with E-state index in [1.54, 1.807) is 0 Å². The van der Waals surface area contributed by atoms with Crippen LogP contribution in [0.5, 0.6) is 5.75 Å².